The molecule has 0 bridgehead atoms. The van der Waals surface area contributed by atoms with Gasteiger partial charge in [0.25, 0.3) is 0 Å². The highest BCUT2D eigenvalue weighted by molar-refractivity contribution is 5.49. The number of benzene rings is 2. The SMILES string of the molecule is CCCCCC#Cc1ccccc1OC/C=C/c1ccccc1. The van der Waals surface area contributed by atoms with E-state index in [1.54, 1.807) is 0 Å². The molecular weight excluding hydrogens is 280 g/mol. The van der Waals surface area contributed by atoms with Gasteiger partial charge >= 0.3 is 0 Å². The van der Waals surface area contributed by atoms with Crippen LogP contribution in [0, 0.1) is 11.8 Å². The Labute approximate surface area is 140 Å². The highest BCUT2D eigenvalue weighted by Crippen LogP contribution is 2.17. The van der Waals surface area contributed by atoms with Gasteiger partial charge in [-0.15, -0.1) is 0 Å². The van der Waals surface area contributed by atoms with Crippen molar-refractivity contribution in [2.45, 2.75) is 32.6 Å². The Morgan fingerprint density at radius 2 is 1.74 bits per heavy atom. The van der Waals surface area contributed by atoms with Crippen molar-refractivity contribution in [2.24, 2.45) is 0 Å². The first kappa shape index (κ1) is 16.9. The van der Waals surface area contributed by atoms with Crippen LogP contribution in [0.4, 0.5) is 0 Å². The van der Waals surface area contributed by atoms with Crippen LogP contribution in [-0.2, 0) is 0 Å². The molecule has 0 N–H and O–H groups in total. The first-order valence-electron chi connectivity index (χ1n) is 8.32. The molecular formula is C22H24O. The first-order valence-corrected chi connectivity index (χ1v) is 8.32. The fraction of sp³-hybridized carbons (Fsp3) is 0.273. The molecule has 0 aliphatic heterocycles. The van der Waals surface area contributed by atoms with E-state index in [9.17, 15) is 0 Å². The summed E-state index contributed by atoms with van der Waals surface area (Å²) in [4.78, 5) is 0. The number of para-hydroxylation sites is 1. The van der Waals surface area contributed by atoms with Crippen molar-refractivity contribution < 1.29 is 4.74 Å². The Morgan fingerprint density at radius 1 is 0.957 bits per heavy atom. The molecule has 0 aromatic heterocycles. The van der Waals surface area contributed by atoms with E-state index in [0.29, 0.717) is 6.61 Å². The van der Waals surface area contributed by atoms with E-state index in [0.717, 1.165) is 17.7 Å². The van der Waals surface area contributed by atoms with Crippen LogP contribution in [-0.4, -0.2) is 6.61 Å². The second kappa shape index (κ2) is 10.3. The van der Waals surface area contributed by atoms with E-state index in [-0.39, 0.29) is 0 Å². The highest BCUT2D eigenvalue weighted by atomic mass is 16.5. The van der Waals surface area contributed by atoms with Crippen LogP contribution in [0.15, 0.2) is 60.7 Å². The van der Waals surface area contributed by atoms with E-state index >= 15 is 0 Å². The molecule has 0 aliphatic rings. The number of ether oxygens (including phenoxy) is 1. The minimum atomic E-state index is 0.545. The van der Waals surface area contributed by atoms with Crippen molar-refractivity contribution >= 4 is 6.08 Å². The molecule has 0 spiro atoms. The summed E-state index contributed by atoms with van der Waals surface area (Å²) in [6, 6.07) is 18.2. The summed E-state index contributed by atoms with van der Waals surface area (Å²) in [6.07, 6.45) is 8.70. The zero-order chi connectivity index (χ0) is 16.2. The van der Waals surface area contributed by atoms with E-state index in [2.05, 4.69) is 37.0 Å². The van der Waals surface area contributed by atoms with Gasteiger partial charge in [-0.3, -0.25) is 0 Å². The Kier molecular flexibility index (Phi) is 7.57. The molecule has 0 saturated heterocycles. The van der Waals surface area contributed by atoms with Gasteiger partial charge in [-0.1, -0.05) is 80.1 Å². The van der Waals surface area contributed by atoms with Crippen LogP contribution < -0.4 is 4.74 Å². The van der Waals surface area contributed by atoms with Crippen molar-refractivity contribution in [2.75, 3.05) is 6.61 Å². The summed E-state index contributed by atoms with van der Waals surface area (Å²) in [5.74, 6) is 7.33. The maximum Gasteiger partial charge on any atom is 0.135 e. The van der Waals surface area contributed by atoms with Gasteiger partial charge in [0.1, 0.15) is 12.4 Å². The quantitative estimate of drug-likeness (QED) is 0.470. The van der Waals surface area contributed by atoms with Gasteiger partial charge < -0.3 is 4.74 Å². The van der Waals surface area contributed by atoms with Crippen molar-refractivity contribution in [3.8, 4) is 17.6 Å². The molecule has 2 aromatic rings. The van der Waals surface area contributed by atoms with Crippen LogP contribution in [0.1, 0.15) is 43.7 Å². The predicted octanol–water partition coefficient (Wildman–Crippen LogP) is 5.71. The third-order valence-corrected chi connectivity index (χ3v) is 3.46. The Bertz CT molecular complexity index is 659. The lowest BCUT2D eigenvalue weighted by molar-refractivity contribution is 0.362. The second-order valence-corrected chi connectivity index (χ2v) is 5.38. The van der Waals surface area contributed by atoms with Gasteiger partial charge in [-0.05, 0) is 30.2 Å². The lowest BCUT2D eigenvalue weighted by Crippen LogP contribution is -1.95. The molecule has 0 unspecified atom stereocenters. The molecule has 0 atom stereocenters. The number of unbranched alkanes of at least 4 members (excludes halogenated alkanes) is 3. The van der Waals surface area contributed by atoms with E-state index < -0.39 is 0 Å². The molecule has 0 amide bonds. The molecule has 0 heterocycles. The number of rotatable bonds is 7. The van der Waals surface area contributed by atoms with Crippen molar-refractivity contribution in [3.05, 3.63) is 71.8 Å². The highest BCUT2D eigenvalue weighted by Gasteiger charge is 1.98. The molecule has 23 heavy (non-hydrogen) atoms. The molecule has 0 fully saturated rings. The van der Waals surface area contributed by atoms with Crippen LogP contribution >= 0.6 is 0 Å². The summed E-state index contributed by atoms with van der Waals surface area (Å²) in [6.45, 7) is 2.75. The van der Waals surface area contributed by atoms with E-state index in [4.69, 9.17) is 4.74 Å². The zero-order valence-corrected chi connectivity index (χ0v) is 13.8. The fourth-order valence-corrected chi connectivity index (χ4v) is 2.20. The van der Waals surface area contributed by atoms with Gasteiger partial charge in [0.15, 0.2) is 0 Å². The molecule has 2 aromatic carbocycles. The molecule has 118 valence electrons. The van der Waals surface area contributed by atoms with E-state index in [1.165, 1.54) is 24.8 Å². The Morgan fingerprint density at radius 3 is 2.57 bits per heavy atom. The van der Waals surface area contributed by atoms with Crippen molar-refractivity contribution in [1.29, 1.82) is 0 Å². The van der Waals surface area contributed by atoms with E-state index in [1.807, 2.05) is 48.5 Å². The smallest absolute Gasteiger partial charge is 0.135 e. The van der Waals surface area contributed by atoms with Crippen LogP contribution in [0.5, 0.6) is 5.75 Å². The molecule has 0 aliphatic carbocycles. The molecule has 1 heteroatoms. The molecule has 1 nitrogen and oxygen atoms in total. The first-order chi connectivity index (χ1) is 11.4. The number of hydrogen-bond donors (Lipinski definition) is 0. The third-order valence-electron chi connectivity index (χ3n) is 3.46. The summed E-state index contributed by atoms with van der Waals surface area (Å²) in [5.41, 5.74) is 2.15. The molecule has 2 rings (SSSR count). The van der Waals surface area contributed by atoms with Gasteiger partial charge in [0, 0.05) is 6.42 Å². The Hall–Kier alpha value is -2.46. The summed E-state index contributed by atoms with van der Waals surface area (Å²) >= 11 is 0. The van der Waals surface area contributed by atoms with Crippen molar-refractivity contribution in [3.63, 3.8) is 0 Å². The van der Waals surface area contributed by atoms with Gasteiger partial charge in [0.05, 0.1) is 5.56 Å². The topological polar surface area (TPSA) is 9.23 Å². The summed E-state index contributed by atoms with van der Waals surface area (Å²) in [5, 5.41) is 0. The largest absolute Gasteiger partial charge is 0.488 e. The van der Waals surface area contributed by atoms with Crippen LogP contribution in [0.25, 0.3) is 6.08 Å². The zero-order valence-electron chi connectivity index (χ0n) is 13.8. The maximum atomic E-state index is 5.85. The van der Waals surface area contributed by atoms with Gasteiger partial charge in [-0.2, -0.15) is 0 Å². The minimum Gasteiger partial charge on any atom is -0.488 e. The van der Waals surface area contributed by atoms with Gasteiger partial charge in [0.2, 0.25) is 0 Å². The monoisotopic (exact) mass is 304 g/mol. The average molecular weight is 304 g/mol. The summed E-state index contributed by atoms with van der Waals surface area (Å²) in [7, 11) is 0. The van der Waals surface area contributed by atoms with Crippen LogP contribution in [0.3, 0.4) is 0 Å². The normalized spacial score (nSPS) is 10.3. The third kappa shape index (κ3) is 6.45. The van der Waals surface area contributed by atoms with Gasteiger partial charge in [-0.25, -0.2) is 0 Å². The minimum absolute atomic E-state index is 0.545. The predicted molar refractivity (Wildman–Crippen MR) is 98.4 cm³/mol. The number of hydrogen-bond acceptors (Lipinski definition) is 1. The lowest BCUT2D eigenvalue weighted by Gasteiger charge is -2.05. The fourth-order valence-electron chi connectivity index (χ4n) is 2.20. The lowest BCUT2D eigenvalue weighted by atomic mass is 10.1. The Balaban J connectivity index is 1.88. The maximum absolute atomic E-state index is 5.85. The van der Waals surface area contributed by atoms with Crippen LogP contribution in [0.2, 0.25) is 0 Å². The molecule has 0 saturated carbocycles. The molecule has 0 radical (unpaired) electrons. The standard InChI is InChI=1S/C22H24O/c1-2-3-4-5-9-16-21-17-10-11-18-22(21)23-19-12-15-20-13-7-6-8-14-20/h6-8,10-15,17-18H,2-5,19H2,1H3/b15-12+. The second-order valence-electron chi connectivity index (χ2n) is 5.38. The van der Waals surface area contributed by atoms with Crippen molar-refractivity contribution in [1.82, 2.24) is 0 Å². The average Bonchev–Trinajstić information content (AvgIpc) is 2.60. The summed E-state index contributed by atoms with van der Waals surface area (Å²) < 4.78 is 5.85.